The van der Waals surface area contributed by atoms with E-state index in [0.29, 0.717) is 24.4 Å². The van der Waals surface area contributed by atoms with Crippen LogP contribution in [0, 0.1) is 12.3 Å². The van der Waals surface area contributed by atoms with Crippen LogP contribution in [0.25, 0.3) is 0 Å². The summed E-state index contributed by atoms with van der Waals surface area (Å²) < 4.78 is 5.33. The van der Waals surface area contributed by atoms with Crippen LogP contribution in [-0.4, -0.2) is 38.6 Å². The van der Waals surface area contributed by atoms with E-state index in [1.807, 2.05) is 55.5 Å². The lowest BCUT2D eigenvalue weighted by Crippen LogP contribution is -2.49. The van der Waals surface area contributed by atoms with E-state index >= 15 is 0 Å². The molecule has 0 saturated carbocycles. The molecule has 2 amide bonds. The SMILES string of the molecule is COCC1(C(=O)NCc2cccc(NC(=O)c3ccc(C)cc3)c2)CCNCC1.Cl. The summed E-state index contributed by atoms with van der Waals surface area (Å²) >= 11 is 0. The average molecular weight is 432 g/mol. The first-order chi connectivity index (χ1) is 14.0. The number of carbonyl (C=O) groups is 2. The van der Waals surface area contributed by atoms with Crippen LogP contribution in [0.5, 0.6) is 0 Å². The largest absolute Gasteiger partial charge is 0.384 e. The van der Waals surface area contributed by atoms with Crippen molar-refractivity contribution in [1.29, 1.82) is 0 Å². The van der Waals surface area contributed by atoms with Gasteiger partial charge in [0, 0.05) is 24.9 Å². The van der Waals surface area contributed by atoms with Crippen LogP contribution in [0.3, 0.4) is 0 Å². The van der Waals surface area contributed by atoms with E-state index in [-0.39, 0.29) is 24.2 Å². The van der Waals surface area contributed by atoms with Crippen molar-refractivity contribution >= 4 is 29.9 Å². The van der Waals surface area contributed by atoms with E-state index in [1.54, 1.807) is 7.11 Å². The van der Waals surface area contributed by atoms with Gasteiger partial charge >= 0.3 is 0 Å². The third-order valence-corrected chi connectivity index (χ3v) is 5.41. The van der Waals surface area contributed by atoms with Gasteiger partial charge in [-0.15, -0.1) is 12.4 Å². The number of benzene rings is 2. The number of piperidine rings is 1. The number of aryl methyl sites for hydroxylation is 1. The molecule has 1 saturated heterocycles. The molecule has 0 radical (unpaired) electrons. The Hall–Kier alpha value is -2.41. The van der Waals surface area contributed by atoms with Crippen molar-refractivity contribution in [3.63, 3.8) is 0 Å². The van der Waals surface area contributed by atoms with Gasteiger partial charge in [-0.05, 0) is 62.7 Å². The summed E-state index contributed by atoms with van der Waals surface area (Å²) in [6.45, 7) is 4.45. The lowest BCUT2D eigenvalue weighted by molar-refractivity contribution is -0.136. The van der Waals surface area contributed by atoms with Crippen LogP contribution in [0.1, 0.15) is 34.3 Å². The molecule has 3 rings (SSSR count). The van der Waals surface area contributed by atoms with Gasteiger partial charge in [0.05, 0.1) is 12.0 Å². The van der Waals surface area contributed by atoms with Gasteiger partial charge in [0.15, 0.2) is 0 Å². The highest BCUT2D eigenvalue weighted by Crippen LogP contribution is 2.29. The molecule has 0 aliphatic carbocycles. The van der Waals surface area contributed by atoms with Crippen LogP contribution in [0.4, 0.5) is 5.69 Å². The van der Waals surface area contributed by atoms with Crippen LogP contribution < -0.4 is 16.0 Å². The van der Waals surface area contributed by atoms with Crippen molar-refractivity contribution in [2.24, 2.45) is 5.41 Å². The summed E-state index contributed by atoms with van der Waals surface area (Å²) in [5.74, 6) is -0.130. The van der Waals surface area contributed by atoms with Crippen molar-refractivity contribution in [1.82, 2.24) is 10.6 Å². The first kappa shape index (κ1) is 23.9. The third kappa shape index (κ3) is 6.05. The zero-order chi connectivity index (χ0) is 20.7. The summed E-state index contributed by atoms with van der Waals surface area (Å²) in [5.41, 5.74) is 2.88. The molecule has 1 fully saturated rings. The van der Waals surface area contributed by atoms with Gasteiger partial charge in [-0.1, -0.05) is 29.8 Å². The number of ether oxygens (including phenoxy) is 1. The topological polar surface area (TPSA) is 79.5 Å². The van der Waals surface area contributed by atoms with E-state index in [4.69, 9.17) is 4.74 Å². The second kappa shape index (κ2) is 11.1. The normalized spacial score (nSPS) is 15.0. The first-order valence-corrected chi connectivity index (χ1v) is 9.97. The molecule has 30 heavy (non-hydrogen) atoms. The van der Waals surface area contributed by atoms with Gasteiger partial charge in [0.25, 0.3) is 5.91 Å². The summed E-state index contributed by atoms with van der Waals surface area (Å²) in [6.07, 6.45) is 1.53. The summed E-state index contributed by atoms with van der Waals surface area (Å²) in [4.78, 5) is 25.3. The van der Waals surface area contributed by atoms with Crippen molar-refractivity contribution < 1.29 is 14.3 Å². The minimum absolute atomic E-state index is 0. The summed E-state index contributed by atoms with van der Waals surface area (Å²) in [5, 5.41) is 9.26. The highest BCUT2D eigenvalue weighted by atomic mass is 35.5. The maximum absolute atomic E-state index is 12.9. The van der Waals surface area contributed by atoms with Crippen molar-refractivity contribution in [2.75, 3.05) is 32.1 Å². The molecule has 6 nitrogen and oxygen atoms in total. The Kier molecular flexibility index (Phi) is 8.84. The first-order valence-electron chi connectivity index (χ1n) is 9.97. The molecule has 1 heterocycles. The van der Waals surface area contributed by atoms with Gasteiger partial charge in [0.2, 0.25) is 5.91 Å². The number of nitrogens with one attached hydrogen (secondary N) is 3. The Balaban J connectivity index is 0.00000320. The molecule has 2 aromatic rings. The van der Waals surface area contributed by atoms with Crippen LogP contribution in [0.15, 0.2) is 48.5 Å². The number of hydrogen-bond donors (Lipinski definition) is 3. The van der Waals surface area contributed by atoms with Crippen LogP contribution in [0.2, 0.25) is 0 Å². The quantitative estimate of drug-likeness (QED) is 0.628. The van der Waals surface area contributed by atoms with E-state index in [1.165, 1.54) is 0 Å². The zero-order valence-electron chi connectivity index (χ0n) is 17.5. The summed E-state index contributed by atoms with van der Waals surface area (Å²) in [6, 6.07) is 15.0. The fraction of sp³-hybridized carbons (Fsp3) is 0.391. The molecule has 3 N–H and O–H groups in total. The number of methoxy groups -OCH3 is 1. The molecular formula is C23H30ClN3O3. The maximum Gasteiger partial charge on any atom is 0.255 e. The predicted octanol–water partition coefficient (Wildman–Crippen LogP) is 3.30. The van der Waals surface area contributed by atoms with Crippen LogP contribution in [-0.2, 0) is 16.1 Å². The molecule has 0 aromatic heterocycles. The Morgan fingerprint density at radius 1 is 1.10 bits per heavy atom. The molecule has 0 bridgehead atoms. The number of hydrogen-bond acceptors (Lipinski definition) is 4. The van der Waals surface area contributed by atoms with Crippen LogP contribution >= 0.6 is 12.4 Å². The number of rotatable bonds is 7. The molecular weight excluding hydrogens is 402 g/mol. The second-order valence-corrected chi connectivity index (χ2v) is 7.67. The van der Waals surface area contributed by atoms with Crippen molar-refractivity contribution in [3.8, 4) is 0 Å². The monoisotopic (exact) mass is 431 g/mol. The van der Waals surface area contributed by atoms with Crippen molar-refractivity contribution in [3.05, 3.63) is 65.2 Å². The van der Waals surface area contributed by atoms with E-state index in [0.717, 1.165) is 37.1 Å². The Morgan fingerprint density at radius 2 is 1.80 bits per heavy atom. The van der Waals surface area contributed by atoms with Gasteiger partial charge in [-0.3, -0.25) is 9.59 Å². The number of amides is 2. The van der Waals surface area contributed by atoms with Gasteiger partial charge in [-0.25, -0.2) is 0 Å². The molecule has 0 spiro atoms. The van der Waals surface area contributed by atoms with Crippen molar-refractivity contribution in [2.45, 2.75) is 26.3 Å². The number of anilines is 1. The Morgan fingerprint density at radius 3 is 2.47 bits per heavy atom. The highest BCUT2D eigenvalue weighted by Gasteiger charge is 2.39. The maximum atomic E-state index is 12.9. The molecule has 162 valence electrons. The summed E-state index contributed by atoms with van der Waals surface area (Å²) in [7, 11) is 1.64. The third-order valence-electron chi connectivity index (χ3n) is 5.41. The smallest absolute Gasteiger partial charge is 0.255 e. The molecule has 0 atom stereocenters. The average Bonchev–Trinajstić information content (AvgIpc) is 2.73. The lowest BCUT2D eigenvalue weighted by atomic mass is 9.78. The number of carbonyl (C=O) groups excluding carboxylic acids is 2. The molecule has 1 aliphatic rings. The number of halogens is 1. The minimum atomic E-state index is -0.475. The molecule has 2 aromatic carbocycles. The van der Waals surface area contributed by atoms with E-state index < -0.39 is 5.41 Å². The van der Waals surface area contributed by atoms with Gasteiger partial charge < -0.3 is 20.7 Å². The Bertz CT molecular complexity index is 844. The predicted molar refractivity (Wildman–Crippen MR) is 121 cm³/mol. The second-order valence-electron chi connectivity index (χ2n) is 7.67. The van der Waals surface area contributed by atoms with Gasteiger partial charge in [0.1, 0.15) is 0 Å². The molecule has 1 aliphatic heterocycles. The van der Waals surface area contributed by atoms with Gasteiger partial charge in [-0.2, -0.15) is 0 Å². The minimum Gasteiger partial charge on any atom is -0.384 e. The highest BCUT2D eigenvalue weighted by molar-refractivity contribution is 6.04. The fourth-order valence-corrected chi connectivity index (χ4v) is 3.66. The fourth-order valence-electron chi connectivity index (χ4n) is 3.66. The van der Waals surface area contributed by atoms with E-state index in [9.17, 15) is 9.59 Å². The lowest BCUT2D eigenvalue weighted by Gasteiger charge is -2.35. The molecule has 7 heteroatoms. The van der Waals surface area contributed by atoms with E-state index in [2.05, 4.69) is 16.0 Å². The standard InChI is InChI=1S/C23H29N3O3.ClH/c1-17-6-8-19(9-7-17)21(27)26-20-5-3-4-18(14-20)15-25-22(28)23(16-29-2)10-12-24-13-11-23;/h3-9,14,24H,10-13,15-16H2,1-2H3,(H,25,28)(H,26,27);1H. The molecule has 0 unspecified atom stereocenters. The Labute approximate surface area is 184 Å². The zero-order valence-corrected chi connectivity index (χ0v) is 18.3.